The average Bonchev–Trinajstić information content (AvgIpc) is 2.38. The van der Waals surface area contributed by atoms with E-state index in [1.165, 1.54) is 17.7 Å². The fourth-order valence-corrected chi connectivity index (χ4v) is 2.21. The summed E-state index contributed by atoms with van der Waals surface area (Å²) in [5, 5.41) is 0. The van der Waals surface area contributed by atoms with Gasteiger partial charge in [-0.2, -0.15) is 13.2 Å². The van der Waals surface area contributed by atoms with Gasteiger partial charge in [-0.25, -0.2) is 0 Å². The molecule has 0 spiro atoms. The molecule has 1 aromatic rings. The fraction of sp³-hybridized carbons (Fsp3) is 0.429. The highest BCUT2D eigenvalue weighted by Crippen LogP contribution is 2.35. The molecule has 1 aromatic carbocycles. The Balaban J connectivity index is 2.33. The number of nitrogens with two attached hydrogens (primary N) is 1. The molecule has 1 aliphatic heterocycles. The second-order valence-corrected chi connectivity index (χ2v) is 4.79. The monoisotopic (exact) mass is 270 g/mol. The molecule has 0 aliphatic carbocycles. The minimum atomic E-state index is -4.35. The predicted molar refractivity (Wildman–Crippen MR) is 69.9 cm³/mol. The van der Waals surface area contributed by atoms with Crippen LogP contribution >= 0.6 is 0 Å². The molecule has 1 heterocycles. The van der Waals surface area contributed by atoms with Crippen LogP contribution < -0.4 is 10.6 Å². The van der Waals surface area contributed by atoms with Crippen LogP contribution in [0.3, 0.4) is 0 Å². The largest absolute Gasteiger partial charge is 0.416 e. The first-order valence-corrected chi connectivity index (χ1v) is 6.22. The molecular weight excluding hydrogens is 253 g/mol. The third kappa shape index (κ3) is 3.10. The van der Waals surface area contributed by atoms with Gasteiger partial charge >= 0.3 is 6.18 Å². The molecule has 19 heavy (non-hydrogen) atoms. The third-order valence-electron chi connectivity index (χ3n) is 3.42. The van der Waals surface area contributed by atoms with Crippen molar-refractivity contribution in [2.75, 3.05) is 18.0 Å². The minimum absolute atomic E-state index is 0.103. The number of rotatable bonds is 2. The Morgan fingerprint density at radius 2 is 2.05 bits per heavy atom. The summed E-state index contributed by atoms with van der Waals surface area (Å²) in [4.78, 5) is 1.95. The summed E-state index contributed by atoms with van der Waals surface area (Å²) in [6.45, 7) is 3.34. The number of hydrogen-bond donors (Lipinski definition) is 1. The van der Waals surface area contributed by atoms with Crippen molar-refractivity contribution in [3.63, 3.8) is 0 Å². The lowest BCUT2D eigenvalue weighted by Gasteiger charge is -2.28. The summed E-state index contributed by atoms with van der Waals surface area (Å²) >= 11 is 0. The predicted octanol–water partition coefficient (Wildman–Crippen LogP) is 3.32. The van der Waals surface area contributed by atoms with Crippen LogP contribution in [0.2, 0.25) is 0 Å². The second kappa shape index (κ2) is 5.25. The normalized spacial score (nSPS) is 16.5. The second-order valence-electron chi connectivity index (χ2n) is 4.79. The van der Waals surface area contributed by atoms with Crippen LogP contribution in [-0.4, -0.2) is 13.1 Å². The van der Waals surface area contributed by atoms with E-state index in [9.17, 15) is 13.2 Å². The van der Waals surface area contributed by atoms with Crippen LogP contribution in [0, 0.1) is 0 Å². The first kappa shape index (κ1) is 13.9. The number of alkyl halides is 3. The molecule has 0 unspecified atom stereocenters. The molecule has 5 heteroatoms. The quantitative estimate of drug-likeness (QED) is 0.835. The summed E-state index contributed by atoms with van der Waals surface area (Å²) in [7, 11) is 0. The Morgan fingerprint density at radius 3 is 2.58 bits per heavy atom. The van der Waals surface area contributed by atoms with Crippen molar-refractivity contribution in [2.24, 2.45) is 5.73 Å². The molecule has 104 valence electrons. The van der Waals surface area contributed by atoms with Gasteiger partial charge in [0.1, 0.15) is 0 Å². The van der Waals surface area contributed by atoms with Crippen LogP contribution in [0.5, 0.6) is 0 Å². The van der Waals surface area contributed by atoms with E-state index in [2.05, 4.69) is 0 Å². The van der Waals surface area contributed by atoms with Crippen LogP contribution in [0.25, 0.3) is 0 Å². The standard InChI is InChI=1S/C14H17F3N2/c1-10-4-6-19(7-5-10)12-3-2-11(9-18)13(8-12)14(15,16)17/h2-4,8H,5-7,9,18H2,1H3. The Hall–Kier alpha value is -1.49. The number of benzene rings is 1. The molecule has 2 nitrogen and oxygen atoms in total. The summed E-state index contributed by atoms with van der Waals surface area (Å²) in [6.07, 6.45) is -1.42. The Morgan fingerprint density at radius 1 is 1.32 bits per heavy atom. The molecule has 0 saturated carbocycles. The van der Waals surface area contributed by atoms with Crippen molar-refractivity contribution in [3.8, 4) is 0 Å². The summed E-state index contributed by atoms with van der Waals surface area (Å²) in [5.74, 6) is 0. The Labute approximate surface area is 110 Å². The first-order valence-electron chi connectivity index (χ1n) is 6.22. The lowest BCUT2D eigenvalue weighted by Crippen LogP contribution is -2.28. The van der Waals surface area contributed by atoms with E-state index < -0.39 is 11.7 Å². The van der Waals surface area contributed by atoms with Crippen LogP contribution in [0.1, 0.15) is 24.5 Å². The smallest absolute Gasteiger partial charge is 0.367 e. The van der Waals surface area contributed by atoms with Gasteiger partial charge in [0.15, 0.2) is 0 Å². The highest BCUT2D eigenvalue weighted by atomic mass is 19.4. The van der Waals surface area contributed by atoms with Crippen LogP contribution in [0.4, 0.5) is 18.9 Å². The first-order chi connectivity index (χ1) is 8.91. The molecule has 0 fully saturated rings. The van der Waals surface area contributed by atoms with Gasteiger partial charge in [-0.3, -0.25) is 0 Å². The van der Waals surface area contributed by atoms with E-state index >= 15 is 0 Å². The molecule has 0 bridgehead atoms. The number of halogens is 3. The number of nitrogens with zero attached hydrogens (tertiary/aromatic N) is 1. The summed E-state index contributed by atoms with van der Waals surface area (Å²) in [6, 6.07) is 4.39. The SMILES string of the molecule is CC1=CCN(c2ccc(CN)c(C(F)(F)F)c2)CC1. The van der Waals surface area contributed by atoms with E-state index in [0.717, 1.165) is 13.0 Å². The average molecular weight is 270 g/mol. The van der Waals surface area contributed by atoms with Gasteiger partial charge in [-0.1, -0.05) is 17.7 Å². The lowest BCUT2D eigenvalue weighted by molar-refractivity contribution is -0.138. The van der Waals surface area contributed by atoms with E-state index in [1.807, 2.05) is 17.9 Å². The van der Waals surface area contributed by atoms with Gasteiger partial charge in [-0.05, 0) is 31.0 Å². The zero-order valence-corrected chi connectivity index (χ0v) is 10.8. The van der Waals surface area contributed by atoms with Gasteiger partial charge in [0.2, 0.25) is 0 Å². The van der Waals surface area contributed by atoms with Crippen molar-refractivity contribution in [1.82, 2.24) is 0 Å². The van der Waals surface area contributed by atoms with Crippen LogP contribution in [0.15, 0.2) is 29.8 Å². The Kier molecular flexibility index (Phi) is 3.85. The van der Waals surface area contributed by atoms with Gasteiger partial charge in [-0.15, -0.1) is 0 Å². The molecule has 0 saturated heterocycles. The molecule has 2 rings (SSSR count). The van der Waals surface area contributed by atoms with Crippen molar-refractivity contribution in [1.29, 1.82) is 0 Å². The van der Waals surface area contributed by atoms with E-state index in [-0.39, 0.29) is 12.1 Å². The highest BCUT2D eigenvalue weighted by molar-refractivity contribution is 5.53. The van der Waals surface area contributed by atoms with Gasteiger partial charge in [0.05, 0.1) is 5.56 Å². The maximum atomic E-state index is 13.0. The van der Waals surface area contributed by atoms with Crippen molar-refractivity contribution in [2.45, 2.75) is 26.1 Å². The number of anilines is 1. The topological polar surface area (TPSA) is 29.3 Å². The molecule has 2 N–H and O–H groups in total. The summed E-state index contributed by atoms with van der Waals surface area (Å²) in [5.41, 5.74) is 6.77. The molecule has 0 aromatic heterocycles. The van der Waals surface area contributed by atoms with E-state index in [1.54, 1.807) is 6.07 Å². The van der Waals surface area contributed by atoms with Crippen molar-refractivity contribution < 1.29 is 13.2 Å². The van der Waals surface area contributed by atoms with E-state index in [4.69, 9.17) is 5.73 Å². The molecule has 1 aliphatic rings. The maximum absolute atomic E-state index is 13.0. The van der Waals surface area contributed by atoms with Crippen molar-refractivity contribution in [3.05, 3.63) is 41.0 Å². The maximum Gasteiger partial charge on any atom is 0.416 e. The zero-order chi connectivity index (χ0) is 14.0. The van der Waals surface area contributed by atoms with Gasteiger partial charge < -0.3 is 10.6 Å². The Bertz CT molecular complexity index is 492. The molecule has 0 amide bonds. The molecular formula is C14H17F3N2. The third-order valence-corrected chi connectivity index (χ3v) is 3.42. The highest BCUT2D eigenvalue weighted by Gasteiger charge is 2.33. The molecule has 0 atom stereocenters. The van der Waals surface area contributed by atoms with Crippen molar-refractivity contribution >= 4 is 5.69 Å². The van der Waals surface area contributed by atoms with Crippen LogP contribution in [-0.2, 0) is 12.7 Å². The lowest BCUT2D eigenvalue weighted by atomic mass is 10.0. The fourth-order valence-electron chi connectivity index (χ4n) is 2.21. The molecule has 0 radical (unpaired) electrons. The van der Waals surface area contributed by atoms with Gasteiger partial charge in [0, 0.05) is 25.3 Å². The van der Waals surface area contributed by atoms with E-state index in [0.29, 0.717) is 12.2 Å². The minimum Gasteiger partial charge on any atom is -0.367 e. The van der Waals surface area contributed by atoms with Gasteiger partial charge in [0.25, 0.3) is 0 Å². The zero-order valence-electron chi connectivity index (χ0n) is 10.8. The number of hydrogen-bond acceptors (Lipinski definition) is 2. The summed E-state index contributed by atoms with van der Waals surface area (Å²) < 4.78 is 38.9.